The summed E-state index contributed by atoms with van der Waals surface area (Å²) in [5, 5.41) is 19.4. The van der Waals surface area contributed by atoms with Crippen LogP contribution >= 0.6 is 0 Å². The molecule has 1 rings (SSSR count). The summed E-state index contributed by atoms with van der Waals surface area (Å²) < 4.78 is 38.8. The van der Waals surface area contributed by atoms with Crippen LogP contribution in [-0.2, 0) is 18.7 Å². The van der Waals surface area contributed by atoms with E-state index in [0.717, 1.165) is 0 Å². The van der Waals surface area contributed by atoms with Crippen LogP contribution in [0.25, 0.3) is 4.98 Å². The van der Waals surface area contributed by atoms with Crippen molar-refractivity contribution in [2.75, 3.05) is 6.61 Å². The first-order valence-electron chi connectivity index (χ1n) is 11.2. The number of hydrogen-bond donors (Lipinski definition) is 1. The Bertz CT molecular complexity index is 986. The predicted octanol–water partition coefficient (Wildman–Crippen LogP) is 6.84. The summed E-state index contributed by atoms with van der Waals surface area (Å²) in [6.07, 6.45) is -0.741. The lowest BCUT2D eigenvalue weighted by Gasteiger charge is -2.41. The third-order valence-electron chi connectivity index (χ3n) is 6.77. The summed E-state index contributed by atoms with van der Waals surface area (Å²) in [6, 6.07) is 7.58. The van der Waals surface area contributed by atoms with Crippen molar-refractivity contribution in [3.63, 3.8) is 0 Å². The molecule has 10 heteroatoms. The molecule has 1 aromatic rings. The summed E-state index contributed by atoms with van der Waals surface area (Å²) in [7, 11) is -8.59. The van der Waals surface area contributed by atoms with Crippen LogP contribution in [0.2, 0.25) is 36.3 Å². The lowest BCUT2D eigenvalue weighted by Crippen LogP contribution is -2.48. The maximum atomic E-state index is 13.0. The Morgan fingerprint density at radius 2 is 1.48 bits per heavy atom. The molecule has 0 aromatic heterocycles. The third kappa shape index (κ3) is 7.48. The number of sulfone groups is 1. The number of diazo groups is 1. The Morgan fingerprint density at radius 1 is 1.00 bits per heavy atom. The van der Waals surface area contributed by atoms with Crippen LogP contribution < -0.4 is 0 Å². The van der Waals surface area contributed by atoms with E-state index in [1.165, 1.54) is 12.1 Å². The molecule has 0 aliphatic carbocycles. The van der Waals surface area contributed by atoms with Crippen molar-refractivity contribution < 1.29 is 22.4 Å². The van der Waals surface area contributed by atoms with Gasteiger partial charge >= 0.3 is 5.03 Å². The Labute approximate surface area is 202 Å². The molecule has 7 nitrogen and oxygen atoms in total. The molecule has 0 unspecified atom stereocenters. The maximum absolute atomic E-state index is 13.0. The second kappa shape index (κ2) is 10.4. The van der Waals surface area contributed by atoms with Crippen LogP contribution in [-0.4, -0.2) is 42.9 Å². The highest BCUT2D eigenvalue weighted by molar-refractivity contribution is 7.95. The molecular weight excluding hydrogens is 473 g/mol. The van der Waals surface area contributed by atoms with Crippen molar-refractivity contribution in [1.29, 1.82) is 5.39 Å². The first kappa shape index (κ1) is 29.5. The number of nitrogens with zero attached hydrogens (tertiary/aromatic N) is 2. The first-order chi connectivity index (χ1) is 14.8. The molecular formula is C23H41N2O5SSi2+. The fraction of sp³-hybridized carbons (Fsp3) is 0.652. The quantitative estimate of drug-likeness (QED) is 0.220. The Hall–Kier alpha value is -1.52. The number of benzene rings is 1. The lowest BCUT2D eigenvalue weighted by molar-refractivity contribution is 0.0981. The van der Waals surface area contributed by atoms with E-state index in [1.807, 2.05) is 0 Å². The normalized spacial score (nSPS) is 15.5. The van der Waals surface area contributed by atoms with Gasteiger partial charge in [0.1, 0.15) is 0 Å². The molecule has 0 spiro atoms. The van der Waals surface area contributed by atoms with Crippen LogP contribution in [0.15, 0.2) is 46.0 Å². The molecule has 33 heavy (non-hydrogen) atoms. The highest BCUT2D eigenvalue weighted by Crippen LogP contribution is 2.40. The van der Waals surface area contributed by atoms with Gasteiger partial charge < -0.3 is 14.0 Å². The molecule has 0 bridgehead atoms. The summed E-state index contributed by atoms with van der Waals surface area (Å²) in [5.74, 6) is -0.552. The van der Waals surface area contributed by atoms with E-state index < -0.39 is 43.4 Å². The molecule has 186 valence electrons. The zero-order chi connectivity index (χ0) is 25.9. The fourth-order valence-corrected chi connectivity index (χ4v) is 6.14. The minimum Gasteiger partial charge on any atom is -0.504 e. The van der Waals surface area contributed by atoms with Gasteiger partial charge in [-0.05, 0) is 48.4 Å². The van der Waals surface area contributed by atoms with Gasteiger partial charge in [-0.2, -0.15) is 0 Å². The molecule has 1 aromatic carbocycles. The van der Waals surface area contributed by atoms with Gasteiger partial charge in [-0.1, -0.05) is 59.7 Å². The molecule has 0 saturated carbocycles. The van der Waals surface area contributed by atoms with E-state index in [2.05, 4.69) is 72.7 Å². The van der Waals surface area contributed by atoms with Crippen molar-refractivity contribution in [3.8, 4) is 0 Å². The van der Waals surface area contributed by atoms with Crippen molar-refractivity contribution in [2.45, 2.75) is 95.2 Å². The fourth-order valence-electron chi connectivity index (χ4n) is 2.53. The number of aliphatic hydroxyl groups is 1. The van der Waals surface area contributed by atoms with Crippen molar-refractivity contribution in [3.05, 3.63) is 46.1 Å². The predicted molar refractivity (Wildman–Crippen MR) is 138 cm³/mol. The van der Waals surface area contributed by atoms with Crippen LogP contribution in [0.4, 0.5) is 0 Å². The van der Waals surface area contributed by atoms with Crippen LogP contribution in [0.3, 0.4) is 0 Å². The van der Waals surface area contributed by atoms with Crippen molar-refractivity contribution in [1.82, 2.24) is 0 Å². The molecule has 0 heterocycles. The monoisotopic (exact) mass is 513 g/mol. The standard InChI is InChI=1S/C23H40N2O5SSi2/c1-22(2,3)32(7,8)29-17-18(30-33(9,10)23(4,5)6)16-20(26)21(25-24)31(27,28)19-14-12-11-13-15-19/h11-15,18H,16-17H2,1-10H3/p+1/b21-20-/t18-/m0/s1. The largest absolute Gasteiger partial charge is 0.515 e. The average Bonchev–Trinajstić information content (AvgIpc) is 2.65. The smallest absolute Gasteiger partial charge is 0.504 e. The van der Waals surface area contributed by atoms with Gasteiger partial charge in [0, 0.05) is 6.42 Å². The van der Waals surface area contributed by atoms with Gasteiger partial charge in [0.2, 0.25) is 11.2 Å². The zero-order valence-corrected chi connectivity index (χ0v) is 24.6. The maximum Gasteiger partial charge on any atom is 0.515 e. The minimum atomic E-state index is -4.20. The number of rotatable bonds is 9. The van der Waals surface area contributed by atoms with Crippen molar-refractivity contribution in [2.24, 2.45) is 0 Å². The van der Waals surface area contributed by atoms with E-state index in [4.69, 9.17) is 8.85 Å². The minimum absolute atomic E-state index is 0.0192. The Morgan fingerprint density at radius 3 is 1.91 bits per heavy atom. The molecule has 0 fully saturated rings. The van der Waals surface area contributed by atoms with Crippen LogP contribution in [0, 0.1) is 5.39 Å². The molecule has 0 amide bonds. The zero-order valence-electron chi connectivity index (χ0n) is 21.8. The third-order valence-corrected chi connectivity index (χ3v) is 17.5. The lowest BCUT2D eigenvalue weighted by atomic mass is 10.2. The first-order valence-corrected chi connectivity index (χ1v) is 18.5. The van der Waals surface area contributed by atoms with Crippen molar-refractivity contribution >= 4 is 26.5 Å². The second-order valence-corrected chi connectivity index (χ2v) is 22.9. The van der Waals surface area contributed by atoms with E-state index in [1.54, 1.807) is 18.2 Å². The van der Waals surface area contributed by atoms with Gasteiger partial charge in [0.25, 0.3) is 9.84 Å². The van der Waals surface area contributed by atoms with Gasteiger partial charge in [0.15, 0.2) is 21.6 Å². The summed E-state index contributed by atoms with van der Waals surface area (Å²) in [4.78, 5) is 2.88. The average molecular weight is 514 g/mol. The molecule has 0 aliphatic rings. The Balaban J connectivity index is 3.36. The van der Waals surface area contributed by atoms with Gasteiger partial charge in [-0.25, -0.2) is 8.42 Å². The number of aliphatic hydroxyl groups excluding tert-OH is 1. The summed E-state index contributed by atoms with van der Waals surface area (Å²) in [6.45, 7) is 21.4. The van der Waals surface area contributed by atoms with E-state index in [-0.39, 0.29) is 28.0 Å². The van der Waals surface area contributed by atoms with Crippen LogP contribution in [0.5, 0.6) is 0 Å². The topological polar surface area (TPSA) is 101 Å². The second-order valence-electron chi connectivity index (χ2n) is 11.4. The highest BCUT2D eigenvalue weighted by Gasteiger charge is 2.43. The molecule has 0 saturated heterocycles. The summed E-state index contributed by atoms with van der Waals surface area (Å²) in [5.41, 5.74) is 0. The SMILES string of the molecule is CC(C)(C)[Si](C)(C)OC[C@H](C/C(O)=C(\[N+]#N)S(=O)(=O)c1ccccc1)O[Si](C)(C)C(C)(C)C. The molecule has 1 atom stereocenters. The van der Waals surface area contributed by atoms with E-state index in [9.17, 15) is 18.9 Å². The van der Waals surface area contributed by atoms with Gasteiger partial charge in [-0.15, -0.1) is 0 Å². The molecule has 0 aliphatic heterocycles. The van der Waals surface area contributed by atoms with Crippen LogP contribution in [0.1, 0.15) is 48.0 Å². The summed E-state index contributed by atoms with van der Waals surface area (Å²) >= 11 is 0. The van der Waals surface area contributed by atoms with E-state index in [0.29, 0.717) is 0 Å². The van der Waals surface area contributed by atoms with Gasteiger partial charge in [0.05, 0.1) is 17.6 Å². The molecule has 0 radical (unpaired) electrons. The van der Waals surface area contributed by atoms with E-state index >= 15 is 0 Å². The highest BCUT2D eigenvalue weighted by atomic mass is 32.2. The number of hydrogen-bond acceptors (Lipinski definition) is 6. The molecule has 1 N–H and O–H groups in total. The van der Waals surface area contributed by atoms with Gasteiger partial charge in [-0.3, -0.25) is 0 Å². The Kier molecular flexibility index (Phi) is 9.30.